The summed E-state index contributed by atoms with van der Waals surface area (Å²) >= 11 is 5.73. The maximum Gasteiger partial charge on any atom is 0.145 e. The molecule has 1 aromatic heterocycles. The Bertz CT molecular complexity index is 532. The van der Waals surface area contributed by atoms with Crippen LogP contribution < -0.4 is 4.74 Å². The minimum atomic E-state index is 0.195. The van der Waals surface area contributed by atoms with Crippen molar-refractivity contribution in [1.82, 2.24) is 4.98 Å². The van der Waals surface area contributed by atoms with Gasteiger partial charge < -0.3 is 4.74 Å². The molecule has 100 valence electrons. The van der Waals surface area contributed by atoms with E-state index in [-0.39, 0.29) is 5.41 Å². The van der Waals surface area contributed by atoms with Gasteiger partial charge in [0, 0.05) is 0 Å². The van der Waals surface area contributed by atoms with Gasteiger partial charge in [-0.05, 0) is 41.7 Å². The molecule has 0 fully saturated rings. The van der Waals surface area contributed by atoms with Gasteiger partial charge in [0.05, 0.1) is 6.20 Å². The standard InChI is InChI=1S/C16H18ClNO/c1-4-16(2,3)12-5-7-13(8-6-12)19-14-9-10-15(17)18-11-14/h5-11H,4H2,1-3H3. The molecule has 3 heteroatoms. The molecule has 0 saturated heterocycles. The van der Waals surface area contributed by atoms with Gasteiger partial charge in [-0.25, -0.2) is 4.98 Å². The van der Waals surface area contributed by atoms with Crippen molar-refractivity contribution in [2.75, 3.05) is 0 Å². The summed E-state index contributed by atoms with van der Waals surface area (Å²) < 4.78 is 5.71. The summed E-state index contributed by atoms with van der Waals surface area (Å²) in [4.78, 5) is 3.99. The highest BCUT2D eigenvalue weighted by atomic mass is 35.5. The van der Waals surface area contributed by atoms with Gasteiger partial charge in [0.25, 0.3) is 0 Å². The lowest BCUT2D eigenvalue weighted by Gasteiger charge is -2.23. The number of hydrogen-bond donors (Lipinski definition) is 0. The molecule has 19 heavy (non-hydrogen) atoms. The smallest absolute Gasteiger partial charge is 0.145 e. The normalized spacial score (nSPS) is 11.4. The Hall–Kier alpha value is -1.54. The Labute approximate surface area is 119 Å². The number of halogens is 1. The number of hydrogen-bond acceptors (Lipinski definition) is 2. The zero-order chi connectivity index (χ0) is 13.9. The third-order valence-corrected chi connectivity index (χ3v) is 3.68. The van der Waals surface area contributed by atoms with Crippen LogP contribution in [-0.2, 0) is 5.41 Å². The summed E-state index contributed by atoms with van der Waals surface area (Å²) in [6.45, 7) is 6.68. The number of pyridine rings is 1. The fourth-order valence-corrected chi connectivity index (χ4v) is 1.85. The lowest BCUT2D eigenvalue weighted by molar-refractivity contribution is 0.476. The number of rotatable bonds is 4. The van der Waals surface area contributed by atoms with Crippen LogP contribution in [-0.4, -0.2) is 4.98 Å². The zero-order valence-electron chi connectivity index (χ0n) is 11.5. The van der Waals surface area contributed by atoms with Crippen molar-refractivity contribution in [3.63, 3.8) is 0 Å². The number of nitrogens with zero attached hydrogens (tertiary/aromatic N) is 1. The van der Waals surface area contributed by atoms with Crippen molar-refractivity contribution in [2.45, 2.75) is 32.6 Å². The van der Waals surface area contributed by atoms with E-state index in [2.05, 4.69) is 37.9 Å². The van der Waals surface area contributed by atoms with E-state index in [1.165, 1.54) is 5.56 Å². The molecular formula is C16H18ClNO. The van der Waals surface area contributed by atoms with Gasteiger partial charge >= 0.3 is 0 Å². The van der Waals surface area contributed by atoms with Crippen LogP contribution in [0, 0.1) is 0 Å². The van der Waals surface area contributed by atoms with Crippen LogP contribution >= 0.6 is 11.6 Å². The van der Waals surface area contributed by atoms with Crippen molar-refractivity contribution in [3.8, 4) is 11.5 Å². The molecule has 0 unspecified atom stereocenters. The van der Waals surface area contributed by atoms with Crippen molar-refractivity contribution < 1.29 is 4.74 Å². The second kappa shape index (κ2) is 5.62. The summed E-state index contributed by atoms with van der Waals surface area (Å²) in [6, 6.07) is 11.7. The van der Waals surface area contributed by atoms with Crippen molar-refractivity contribution >= 4 is 11.6 Å². The quantitative estimate of drug-likeness (QED) is 0.714. The molecule has 0 atom stereocenters. The Morgan fingerprint density at radius 2 is 1.68 bits per heavy atom. The molecule has 0 amide bonds. The van der Waals surface area contributed by atoms with Crippen molar-refractivity contribution in [3.05, 3.63) is 53.3 Å². The predicted molar refractivity (Wildman–Crippen MR) is 79.1 cm³/mol. The zero-order valence-corrected chi connectivity index (χ0v) is 12.2. The molecule has 2 aromatic rings. The Balaban J connectivity index is 2.13. The maximum absolute atomic E-state index is 5.73. The Morgan fingerprint density at radius 3 is 2.21 bits per heavy atom. The van der Waals surface area contributed by atoms with E-state index >= 15 is 0 Å². The van der Waals surface area contributed by atoms with Crippen LogP contribution in [0.4, 0.5) is 0 Å². The van der Waals surface area contributed by atoms with E-state index < -0.39 is 0 Å². The molecular weight excluding hydrogens is 258 g/mol. The second-order valence-corrected chi connectivity index (χ2v) is 5.57. The Kier molecular flexibility index (Phi) is 4.11. The molecule has 0 bridgehead atoms. The van der Waals surface area contributed by atoms with E-state index in [0.29, 0.717) is 10.9 Å². The lowest BCUT2D eigenvalue weighted by Crippen LogP contribution is -2.14. The predicted octanol–water partition coefficient (Wildman–Crippen LogP) is 5.21. The topological polar surface area (TPSA) is 22.1 Å². The van der Waals surface area contributed by atoms with Gasteiger partial charge in [-0.2, -0.15) is 0 Å². The average molecular weight is 276 g/mol. The van der Waals surface area contributed by atoms with Crippen LogP contribution in [0.1, 0.15) is 32.8 Å². The molecule has 0 aliphatic rings. The summed E-state index contributed by atoms with van der Waals surface area (Å²) in [5.41, 5.74) is 1.51. The van der Waals surface area contributed by atoms with Gasteiger partial charge in [-0.15, -0.1) is 0 Å². The van der Waals surface area contributed by atoms with E-state index in [4.69, 9.17) is 16.3 Å². The first-order chi connectivity index (χ1) is 9.01. The maximum atomic E-state index is 5.73. The van der Waals surface area contributed by atoms with Crippen LogP contribution in [0.25, 0.3) is 0 Å². The second-order valence-electron chi connectivity index (χ2n) is 5.18. The Morgan fingerprint density at radius 1 is 1.05 bits per heavy atom. The molecule has 0 saturated carbocycles. The summed E-state index contributed by atoms with van der Waals surface area (Å²) in [5, 5.41) is 0.465. The molecule has 2 rings (SSSR count). The fourth-order valence-electron chi connectivity index (χ4n) is 1.74. The molecule has 0 aliphatic heterocycles. The molecule has 0 aliphatic carbocycles. The summed E-state index contributed by atoms with van der Waals surface area (Å²) in [6.07, 6.45) is 2.72. The third kappa shape index (κ3) is 3.48. The highest BCUT2D eigenvalue weighted by Gasteiger charge is 2.17. The molecule has 0 radical (unpaired) electrons. The number of aromatic nitrogens is 1. The van der Waals surface area contributed by atoms with Crippen LogP contribution in [0.3, 0.4) is 0 Å². The molecule has 1 aromatic carbocycles. The van der Waals surface area contributed by atoms with Crippen molar-refractivity contribution in [1.29, 1.82) is 0 Å². The summed E-state index contributed by atoms with van der Waals surface area (Å²) in [7, 11) is 0. The monoisotopic (exact) mass is 275 g/mol. The first kappa shape index (κ1) is 13.9. The fraction of sp³-hybridized carbons (Fsp3) is 0.312. The van der Waals surface area contributed by atoms with Gasteiger partial charge in [-0.1, -0.05) is 44.5 Å². The van der Waals surface area contributed by atoms with Crippen LogP contribution in [0.5, 0.6) is 11.5 Å². The van der Waals surface area contributed by atoms with Gasteiger partial charge in [-0.3, -0.25) is 0 Å². The van der Waals surface area contributed by atoms with Gasteiger partial charge in [0.1, 0.15) is 16.7 Å². The first-order valence-electron chi connectivity index (χ1n) is 6.41. The largest absolute Gasteiger partial charge is 0.456 e. The molecule has 1 heterocycles. The van der Waals surface area contributed by atoms with E-state index in [0.717, 1.165) is 12.2 Å². The molecule has 0 spiro atoms. The van der Waals surface area contributed by atoms with Crippen LogP contribution in [0.15, 0.2) is 42.6 Å². The van der Waals surface area contributed by atoms with Crippen LogP contribution in [0.2, 0.25) is 5.15 Å². The highest BCUT2D eigenvalue weighted by Crippen LogP contribution is 2.29. The number of benzene rings is 1. The average Bonchev–Trinajstić information content (AvgIpc) is 2.42. The number of ether oxygens (including phenoxy) is 1. The van der Waals surface area contributed by atoms with E-state index in [1.54, 1.807) is 18.3 Å². The molecule has 0 N–H and O–H groups in total. The minimum absolute atomic E-state index is 0.195. The summed E-state index contributed by atoms with van der Waals surface area (Å²) in [5.74, 6) is 1.49. The lowest BCUT2D eigenvalue weighted by atomic mass is 9.82. The SMILES string of the molecule is CCC(C)(C)c1ccc(Oc2ccc(Cl)nc2)cc1. The minimum Gasteiger partial charge on any atom is -0.456 e. The van der Waals surface area contributed by atoms with E-state index in [9.17, 15) is 0 Å². The first-order valence-corrected chi connectivity index (χ1v) is 6.79. The van der Waals surface area contributed by atoms with E-state index in [1.807, 2.05) is 12.1 Å². The third-order valence-electron chi connectivity index (χ3n) is 3.46. The van der Waals surface area contributed by atoms with Gasteiger partial charge in [0.2, 0.25) is 0 Å². The highest BCUT2D eigenvalue weighted by molar-refractivity contribution is 6.29. The van der Waals surface area contributed by atoms with Gasteiger partial charge in [0.15, 0.2) is 0 Å². The van der Waals surface area contributed by atoms with Crippen molar-refractivity contribution in [2.24, 2.45) is 0 Å². The molecule has 2 nitrogen and oxygen atoms in total.